The summed E-state index contributed by atoms with van der Waals surface area (Å²) < 4.78 is 21.6. The van der Waals surface area contributed by atoms with E-state index in [9.17, 15) is 8.42 Å². The van der Waals surface area contributed by atoms with Crippen LogP contribution in [-0.2, 0) is 9.05 Å². The smallest absolute Gasteiger partial charge is 0.261 e. The molecule has 0 aromatic carbocycles. The van der Waals surface area contributed by atoms with Gasteiger partial charge in [-0.2, -0.15) is 0 Å². The van der Waals surface area contributed by atoms with E-state index in [1.54, 1.807) is 7.05 Å². The molecular formula is C6H7ClN2O2S. The molecule has 0 spiro atoms. The summed E-state index contributed by atoms with van der Waals surface area (Å²) in [7, 11) is 3.11. The summed E-state index contributed by atoms with van der Waals surface area (Å²) in [6.45, 7) is 0. The summed E-state index contributed by atoms with van der Waals surface area (Å²) in [5.74, 6) is 0.469. The number of nitrogens with one attached hydrogen (secondary N) is 1. The molecule has 66 valence electrons. The molecule has 1 aromatic rings. The highest BCUT2D eigenvalue weighted by Crippen LogP contribution is 2.16. The fourth-order valence-electron chi connectivity index (χ4n) is 0.700. The number of rotatable bonds is 2. The van der Waals surface area contributed by atoms with Crippen molar-refractivity contribution in [2.24, 2.45) is 0 Å². The highest BCUT2D eigenvalue weighted by atomic mass is 35.7. The first-order valence-corrected chi connectivity index (χ1v) is 5.43. The SMILES string of the molecule is CNc1cc(S(=O)(=O)Cl)ccn1. The average Bonchev–Trinajstić information content (AvgIpc) is 2.03. The second kappa shape index (κ2) is 3.28. The molecule has 0 saturated carbocycles. The Kier molecular flexibility index (Phi) is 2.54. The van der Waals surface area contributed by atoms with Crippen molar-refractivity contribution < 1.29 is 8.42 Å². The third-order valence-corrected chi connectivity index (χ3v) is 2.62. The second-order valence-electron chi connectivity index (χ2n) is 2.06. The van der Waals surface area contributed by atoms with E-state index in [0.717, 1.165) is 0 Å². The van der Waals surface area contributed by atoms with Crippen molar-refractivity contribution in [1.29, 1.82) is 0 Å². The second-order valence-corrected chi connectivity index (χ2v) is 4.63. The molecule has 0 unspecified atom stereocenters. The molecular weight excluding hydrogens is 200 g/mol. The largest absolute Gasteiger partial charge is 0.373 e. The van der Waals surface area contributed by atoms with Crippen molar-refractivity contribution >= 4 is 25.6 Å². The van der Waals surface area contributed by atoms with Crippen molar-refractivity contribution in [2.45, 2.75) is 4.90 Å². The number of hydrogen-bond acceptors (Lipinski definition) is 4. The zero-order valence-electron chi connectivity index (χ0n) is 6.28. The summed E-state index contributed by atoms with van der Waals surface area (Å²) >= 11 is 0. The highest BCUT2D eigenvalue weighted by molar-refractivity contribution is 8.13. The minimum Gasteiger partial charge on any atom is -0.373 e. The average molecular weight is 207 g/mol. The maximum Gasteiger partial charge on any atom is 0.261 e. The summed E-state index contributed by atoms with van der Waals surface area (Å²) in [6, 6.07) is 2.70. The zero-order chi connectivity index (χ0) is 9.19. The molecule has 0 aliphatic carbocycles. The van der Waals surface area contributed by atoms with E-state index in [0.29, 0.717) is 5.82 Å². The third-order valence-electron chi connectivity index (χ3n) is 1.27. The van der Waals surface area contributed by atoms with Gasteiger partial charge in [0, 0.05) is 30.0 Å². The normalized spacial score (nSPS) is 11.2. The van der Waals surface area contributed by atoms with E-state index in [1.807, 2.05) is 0 Å². The van der Waals surface area contributed by atoms with Crippen molar-refractivity contribution in [3.05, 3.63) is 18.3 Å². The number of anilines is 1. The number of nitrogens with zero attached hydrogens (tertiary/aromatic N) is 1. The van der Waals surface area contributed by atoms with E-state index in [1.165, 1.54) is 18.3 Å². The van der Waals surface area contributed by atoms with Crippen LogP contribution in [0.1, 0.15) is 0 Å². The lowest BCUT2D eigenvalue weighted by atomic mass is 10.5. The first-order chi connectivity index (χ1) is 5.54. The summed E-state index contributed by atoms with van der Waals surface area (Å²) in [5, 5.41) is 2.71. The predicted octanol–water partition coefficient (Wildman–Crippen LogP) is 1.05. The number of halogens is 1. The molecule has 0 atom stereocenters. The molecule has 1 aromatic heterocycles. The standard InChI is InChI=1S/C6H7ClN2O2S/c1-8-6-4-5(2-3-9-6)12(7,10)11/h2-4H,1H3,(H,8,9). The van der Waals surface area contributed by atoms with E-state index < -0.39 is 9.05 Å². The van der Waals surface area contributed by atoms with E-state index in [-0.39, 0.29) is 4.90 Å². The van der Waals surface area contributed by atoms with Crippen molar-refractivity contribution in [3.8, 4) is 0 Å². The maximum atomic E-state index is 10.8. The Labute approximate surface area is 75.0 Å². The Morgan fingerprint density at radius 3 is 2.75 bits per heavy atom. The van der Waals surface area contributed by atoms with Gasteiger partial charge in [-0.05, 0) is 6.07 Å². The fraction of sp³-hybridized carbons (Fsp3) is 0.167. The van der Waals surface area contributed by atoms with Crippen LogP contribution < -0.4 is 5.32 Å². The lowest BCUT2D eigenvalue weighted by Gasteiger charge is -1.99. The molecule has 12 heavy (non-hydrogen) atoms. The van der Waals surface area contributed by atoms with Crippen LogP contribution in [0.15, 0.2) is 23.2 Å². The van der Waals surface area contributed by atoms with Gasteiger partial charge in [0.05, 0.1) is 4.90 Å². The van der Waals surface area contributed by atoms with Gasteiger partial charge < -0.3 is 5.32 Å². The quantitative estimate of drug-likeness (QED) is 0.735. The molecule has 0 aliphatic rings. The fourth-order valence-corrected chi connectivity index (χ4v) is 1.46. The van der Waals surface area contributed by atoms with Gasteiger partial charge in [0.1, 0.15) is 5.82 Å². The van der Waals surface area contributed by atoms with E-state index >= 15 is 0 Å². The van der Waals surface area contributed by atoms with Gasteiger partial charge in [-0.25, -0.2) is 13.4 Å². The Morgan fingerprint density at radius 2 is 2.25 bits per heavy atom. The molecule has 1 N–H and O–H groups in total. The highest BCUT2D eigenvalue weighted by Gasteiger charge is 2.09. The van der Waals surface area contributed by atoms with Crippen LogP contribution in [0.25, 0.3) is 0 Å². The van der Waals surface area contributed by atoms with Crippen molar-refractivity contribution in [3.63, 3.8) is 0 Å². The molecule has 6 heteroatoms. The molecule has 1 heterocycles. The maximum absolute atomic E-state index is 10.8. The van der Waals surface area contributed by atoms with Crippen molar-refractivity contribution in [2.75, 3.05) is 12.4 Å². The van der Waals surface area contributed by atoms with Gasteiger partial charge >= 0.3 is 0 Å². The molecule has 0 radical (unpaired) electrons. The zero-order valence-corrected chi connectivity index (χ0v) is 7.85. The molecule has 1 rings (SSSR count). The predicted molar refractivity (Wildman–Crippen MR) is 46.8 cm³/mol. The van der Waals surface area contributed by atoms with Gasteiger partial charge in [-0.1, -0.05) is 0 Å². The number of hydrogen-bond donors (Lipinski definition) is 1. The van der Waals surface area contributed by atoms with Crippen LogP contribution in [-0.4, -0.2) is 20.4 Å². The molecule has 0 bridgehead atoms. The minimum absolute atomic E-state index is 0.0449. The van der Waals surface area contributed by atoms with E-state index in [2.05, 4.69) is 10.3 Å². The first-order valence-electron chi connectivity index (χ1n) is 3.12. The van der Waals surface area contributed by atoms with Gasteiger partial charge in [0.15, 0.2) is 0 Å². The lowest BCUT2D eigenvalue weighted by Crippen LogP contribution is -1.95. The van der Waals surface area contributed by atoms with Crippen LogP contribution in [0.3, 0.4) is 0 Å². The van der Waals surface area contributed by atoms with Crippen LogP contribution >= 0.6 is 10.7 Å². The van der Waals surface area contributed by atoms with Gasteiger partial charge in [-0.3, -0.25) is 0 Å². The number of aromatic nitrogens is 1. The minimum atomic E-state index is -3.64. The number of pyridine rings is 1. The molecule has 4 nitrogen and oxygen atoms in total. The van der Waals surface area contributed by atoms with Gasteiger partial charge in [0.25, 0.3) is 9.05 Å². The van der Waals surface area contributed by atoms with E-state index in [4.69, 9.17) is 10.7 Å². The molecule has 0 fully saturated rings. The van der Waals surface area contributed by atoms with Crippen molar-refractivity contribution in [1.82, 2.24) is 4.98 Å². The summed E-state index contributed by atoms with van der Waals surface area (Å²) in [5.41, 5.74) is 0. The monoisotopic (exact) mass is 206 g/mol. The van der Waals surface area contributed by atoms with Gasteiger partial charge in [0.2, 0.25) is 0 Å². The lowest BCUT2D eigenvalue weighted by molar-refractivity contribution is 0.609. The third kappa shape index (κ3) is 2.09. The van der Waals surface area contributed by atoms with Crippen LogP contribution in [0.4, 0.5) is 5.82 Å². The Bertz CT molecular complexity index is 377. The van der Waals surface area contributed by atoms with Gasteiger partial charge in [-0.15, -0.1) is 0 Å². The molecule has 0 aliphatic heterocycles. The molecule has 0 amide bonds. The van der Waals surface area contributed by atoms with Crippen LogP contribution in [0.5, 0.6) is 0 Å². The van der Waals surface area contributed by atoms with Crippen LogP contribution in [0, 0.1) is 0 Å². The molecule has 0 saturated heterocycles. The Balaban J connectivity index is 3.20. The summed E-state index contributed by atoms with van der Waals surface area (Å²) in [4.78, 5) is 3.88. The summed E-state index contributed by atoms with van der Waals surface area (Å²) in [6.07, 6.45) is 1.38. The topological polar surface area (TPSA) is 59.1 Å². The Hall–Kier alpha value is -0.810. The Morgan fingerprint density at radius 1 is 1.58 bits per heavy atom. The van der Waals surface area contributed by atoms with Crippen LogP contribution in [0.2, 0.25) is 0 Å². The first kappa shape index (κ1) is 9.28.